The van der Waals surface area contributed by atoms with E-state index in [0.29, 0.717) is 5.82 Å². The molecule has 50 heavy (non-hydrogen) atoms. The van der Waals surface area contributed by atoms with E-state index in [2.05, 4.69) is 182 Å². The standard InChI is InChI=1S/C47H30N2S/c1-3-15-31(16-4-1)33-19-13-20-34(29-33)46-48-41(32-17-5-2-6-18-32)30-42(49-46)36-22-14-26-40-45(36)35-21-7-8-23-37(35)47(40)38-24-9-11-27-43(38)50-44-28-12-10-25-39(44)47/h1-30H. The zero-order valence-corrected chi connectivity index (χ0v) is 27.9. The average Bonchev–Trinajstić information content (AvgIpc) is 3.49. The summed E-state index contributed by atoms with van der Waals surface area (Å²) < 4.78 is 0. The van der Waals surface area contributed by atoms with Crippen LogP contribution in [-0.2, 0) is 5.41 Å². The minimum atomic E-state index is -0.442. The van der Waals surface area contributed by atoms with Crippen molar-refractivity contribution in [3.05, 3.63) is 204 Å². The van der Waals surface area contributed by atoms with Gasteiger partial charge in [0.25, 0.3) is 0 Å². The predicted molar refractivity (Wildman–Crippen MR) is 205 cm³/mol. The van der Waals surface area contributed by atoms with E-state index in [1.54, 1.807) is 0 Å². The number of hydrogen-bond acceptors (Lipinski definition) is 3. The van der Waals surface area contributed by atoms with E-state index in [-0.39, 0.29) is 0 Å². The van der Waals surface area contributed by atoms with E-state index in [4.69, 9.17) is 9.97 Å². The molecule has 0 unspecified atom stereocenters. The van der Waals surface area contributed by atoms with Crippen LogP contribution in [0.25, 0.3) is 56.2 Å². The number of fused-ring (bicyclic) bond motifs is 9. The third kappa shape index (κ3) is 4.37. The first-order chi connectivity index (χ1) is 24.8. The first kappa shape index (κ1) is 28.9. The summed E-state index contributed by atoms with van der Waals surface area (Å²) in [6.45, 7) is 0. The first-order valence-corrected chi connectivity index (χ1v) is 17.8. The van der Waals surface area contributed by atoms with Crippen molar-refractivity contribution >= 4 is 11.8 Å². The van der Waals surface area contributed by atoms with Gasteiger partial charge in [0.2, 0.25) is 0 Å². The molecule has 2 nitrogen and oxygen atoms in total. The fourth-order valence-corrected chi connectivity index (χ4v) is 9.25. The number of hydrogen-bond donors (Lipinski definition) is 0. The van der Waals surface area contributed by atoms with Crippen molar-refractivity contribution in [3.63, 3.8) is 0 Å². The van der Waals surface area contributed by atoms with Gasteiger partial charge in [-0.15, -0.1) is 0 Å². The van der Waals surface area contributed by atoms with Gasteiger partial charge in [0.15, 0.2) is 5.82 Å². The molecular weight excluding hydrogens is 625 g/mol. The molecule has 0 atom stereocenters. The third-order valence-corrected chi connectivity index (χ3v) is 11.3. The van der Waals surface area contributed by atoms with E-state index in [1.165, 1.54) is 48.7 Å². The molecule has 1 aliphatic carbocycles. The highest BCUT2D eigenvalue weighted by Crippen LogP contribution is 2.63. The van der Waals surface area contributed by atoms with Gasteiger partial charge in [0, 0.05) is 26.5 Å². The first-order valence-electron chi connectivity index (χ1n) is 17.0. The molecule has 0 N–H and O–H groups in total. The number of aromatic nitrogens is 2. The SMILES string of the molecule is c1ccc(-c2cccc(-c3nc(-c4ccccc4)cc(-c4cccc5c4-c4ccccc4C54c5ccccc5Sc5ccccc54)n3)c2)cc1. The Kier molecular flexibility index (Phi) is 6.68. The molecule has 0 fully saturated rings. The van der Waals surface area contributed by atoms with E-state index < -0.39 is 5.41 Å². The lowest BCUT2D eigenvalue weighted by atomic mass is 9.67. The van der Waals surface area contributed by atoms with Gasteiger partial charge >= 0.3 is 0 Å². The highest BCUT2D eigenvalue weighted by molar-refractivity contribution is 7.99. The van der Waals surface area contributed by atoms with Crippen molar-refractivity contribution < 1.29 is 0 Å². The molecule has 3 heteroatoms. The number of benzene rings is 7. The van der Waals surface area contributed by atoms with Crippen molar-refractivity contribution in [3.8, 4) is 56.2 Å². The molecule has 2 aliphatic rings. The van der Waals surface area contributed by atoms with Crippen LogP contribution in [0.2, 0.25) is 0 Å². The van der Waals surface area contributed by atoms with Crippen molar-refractivity contribution in [1.29, 1.82) is 0 Å². The number of rotatable bonds is 4. The van der Waals surface area contributed by atoms with E-state index in [9.17, 15) is 0 Å². The summed E-state index contributed by atoms with van der Waals surface area (Å²) in [4.78, 5) is 13.2. The Morgan fingerprint density at radius 2 is 0.880 bits per heavy atom. The molecule has 0 saturated heterocycles. The summed E-state index contributed by atoms with van der Waals surface area (Å²) in [5.74, 6) is 0.711. The molecule has 0 radical (unpaired) electrons. The van der Waals surface area contributed by atoms with Gasteiger partial charge < -0.3 is 0 Å². The molecule has 234 valence electrons. The van der Waals surface area contributed by atoms with Gasteiger partial charge in [-0.25, -0.2) is 9.97 Å². The maximum absolute atomic E-state index is 5.39. The monoisotopic (exact) mass is 654 g/mol. The van der Waals surface area contributed by atoms with Crippen molar-refractivity contribution in [2.24, 2.45) is 0 Å². The molecule has 10 rings (SSSR count). The van der Waals surface area contributed by atoms with Crippen LogP contribution in [0.3, 0.4) is 0 Å². The largest absolute Gasteiger partial charge is 0.228 e. The van der Waals surface area contributed by atoms with Crippen LogP contribution in [0.5, 0.6) is 0 Å². The molecule has 1 aliphatic heterocycles. The third-order valence-electron chi connectivity index (χ3n) is 10.2. The summed E-state index contributed by atoms with van der Waals surface area (Å²) in [6, 6.07) is 65.4. The maximum atomic E-state index is 5.39. The smallest absolute Gasteiger partial charge is 0.160 e. The Balaban J connectivity index is 1.25. The van der Waals surface area contributed by atoms with E-state index >= 15 is 0 Å². The normalized spacial score (nSPS) is 13.3. The maximum Gasteiger partial charge on any atom is 0.160 e. The van der Waals surface area contributed by atoms with Crippen molar-refractivity contribution in [2.45, 2.75) is 15.2 Å². The van der Waals surface area contributed by atoms with Crippen LogP contribution in [0.15, 0.2) is 192 Å². The summed E-state index contributed by atoms with van der Waals surface area (Å²) in [6.07, 6.45) is 0. The van der Waals surface area contributed by atoms with E-state index in [0.717, 1.165) is 33.6 Å². The van der Waals surface area contributed by atoms with Crippen molar-refractivity contribution in [1.82, 2.24) is 9.97 Å². The second kappa shape index (κ2) is 11.5. The van der Waals surface area contributed by atoms with E-state index in [1.807, 2.05) is 11.8 Å². The zero-order chi connectivity index (χ0) is 33.1. The summed E-state index contributed by atoms with van der Waals surface area (Å²) >= 11 is 1.87. The van der Waals surface area contributed by atoms with Crippen molar-refractivity contribution in [2.75, 3.05) is 0 Å². The van der Waals surface area contributed by atoms with Gasteiger partial charge in [-0.05, 0) is 68.8 Å². The van der Waals surface area contributed by atoms with Crippen LogP contribution >= 0.6 is 11.8 Å². The van der Waals surface area contributed by atoms with Crippen LogP contribution in [0, 0.1) is 0 Å². The molecular formula is C47H30N2S. The topological polar surface area (TPSA) is 25.8 Å². The Morgan fingerprint density at radius 1 is 0.360 bits per heavy atom. The molecule has 1 spiro atoms. The molecule has 0 saturated carbocycles. The Morgan fingerprint density at radius 3 is 1.62 bits per heavy atom. The highest BCUT2D eigenvalue weighted by atomic mass is 32.2. The fraction of sp³-hybridized carbons (Fsp3) is 0.0213. The lowest BCUT2D eigenvalue weighted by Gasteiger charge is -2.39. The van der Waals surface area contributed by atoms with Gasteiger partial charge in [-0.2, -0.15) is 0 Å². The molecule has 0 amide bonds. The van der Waals surface area contributed by atoms with Gasteiger partial charge in [-0.3, -0.25) is 0 Å². The number of nitrogens with zero attached hydrogens (tertiary/aromatic N) is 2. The van der Waals surface area contributed by atoms with Crippen LogP contribution in [-0.4, -0.2) is 9.97 Å². The van der Waals surface area contributed by atoms with Gasteiger partial charge in [0.05, 0.1) is 16.8 Å². The lowest BCUT2D eigenvalue weighted by molar-refractivity contribution is 0.722. The second-order valence-electron chi connectivity index (χ2n) is 12.9. The minimum absolute atomic E-state index is 0.442. The molecule has 8 aromatic rings. The highest BCUT2D eigenvalue weighted by Gasteiger charge is 2.50. The molecule has 0 bridgehead atoms. The Labute approximate surface area is 296 Å². The van der Waals surface area contributed by atoms with Crippen LogP contribution < -0.4 is 0 Å². The minimum Gasteiger partial charge on any atom is -0.228 e. The Bertz CT molecular complexity index is 2530. The quantitative estimate of drug-likeness (QED) is 0.189. The summed E-state index contributed by atoms with van der Waals surface area (Å²) in [7, 11) is 0. The summed E-state index contributed by atoms with van der Waals surface area (Å²) in [5.41, 5.74) is 14.6. The Hall–Kier alpha value is -6.03. The fourth-order valence-electron chi connectivity index (χ4n) is 8.06. The molecule has 2 heterocycles. The second-order valence-corrected chi connectivity index (χ2v) is 14.0. The van der Waals surface area contributed by atoms with Crippen LogP contribution in [0.1, 0.15) is 22.3 Å². The van der Waals surface area contributed by atoms with Crippen LogP contribution in [0.4, 0.5) is 0 Å². The van der Waals surface area contributed by atoms with Gasteiger partial charge in [0.1, 0.15) is 0 Å². The average molecular weight is 655 g/mol. The predicted octanol–water partition coefficient (Wildman–Crippen LogP) is 12.0. The molecule has 7 aromatic carbocycles. The van der Waals surface area contributed by atoms with Gasteiger partial charge in [-0.1, -0.05) is 169 Å². The summed E-state index contributed by atoms with van der Waals surface area (Å²) in [5, 5.41) is 0. The molecule has 1 aromatic heterocycles. The zero-order valence-electron chi connectivity index (χ0n) is 27.1. The lowest BCUT2D eigenvalue weighted by Crippen LogP contribution is -2.31.